The summed E-state index contributed by atoms with van der Waals surface area (Å²) in [6, 6.07) is 30.5. The number of halogens is 1. The molecule has 0 amide bonds. The van der Waals surface area contributed by atoms with Crippen molar-refractivity contribution in [1.29, 1.82) is 0 Å². The fourth-order valence-electron chi connectivity index (χ4n) is 6.08. The van der Waals surface area contributed by atoms with Gasteiger partial charge in [0.05, 0.1) is 21.3 Å². The number of benzene rings is 6. The van der Waals surface area contributed by atoms with Crippen molar-refractivity contribution < 1.29 is 67.8 Å². The summed E-state index contributed by atoms with van der Waals surface area (Å²) in [5.74, 6) is 2.20. The molecule has 0 spiro atoms. The average molecular weight is 1040 g/mol. The first kappa shape index (κ1) is 71.4. The molecule has 0 fully saturated rings. The quantitative estimate of drug-likeness (QED) is 0.0994. The van der Waals surface area contributed by atoms with E-state index < -0.39 is 0 Å². The minimum Gasteiger partial charge on any atom is -0.508 e. The molecule has 0 aliphatic heterocycles. The summed E-state index contributed by atoms with van der Waals surface area (Å²) in [5.41, 5.74) is 9.34. The Hall–Kier alpha value is -7.81. The maximum absolute atomic E-state index is 12.6. The lowest BCUT2D eigenvalue weighted by Crippen LogP contribution is -1.94. The zero-order valence-electron chi connectivity index (χ0n) is 47.2. The second-order valence-electron chi connectivity index (χ2n) is 16.2. The van der Waals surface area contributed by atoms with Crippen LogP contribution in [-0.4, -0.2) is 90.7 Å². The van der Waals surface area contributed by atoms with Crippen LogP contribution < -0.4 is 14.2 Å². The van der Waals surface area contributed by atoms with Crippen LogP contribution in [0.1, 0.15) is 151 Å². The highest BCUT2D eigenvalue weighted by Crippen LogP contribution is 2.20. The second kappa shape index (κ2) is 38.8. The molecular formula is C61H79FO13. The summed E-state index contributed by atoms with van der Waals surface area (Å²) in [5, 5.41) is 32.2. The fourth-order valence-corrected chi connectivity index (χ4v) is 6.08. The molecule has 0 aliphatic rings. The van der Waals surface area contributed by atoms with Crippen LogP contribution in [0.15, 0.2) is 109 Å². The van der Waals surface area contributed by atoms with Crippen molar-refractivity contribution in [2.24, 2.45) is 0 Å². The van der Waals surface area contributed by atoms with Gasteiger partial charge >= 0.3 is 0 Å². The summed E-state index contributed by atoms with van der Waals surface area (Å²) in [6.07, 6.45) is 0. The van der Waals surface area contributed by atoms with E-state index in [2.05, 4.69) is 0 Å². The van der Waals surface area contributed by atoms with E-state index in [4.69, 9.17) is 34.6 Å². The van der Waals surface area contributed by atoms with Gasteiger partial charge in [0.1, 0.15) is 34.6 Å². The lowest BCUT2D eigenvalue weighted by atomic mass is 10.1. The molecule has 0 heterocycles. The van der Waals surface area contributed by atoms with E-state index >= 15 is 0 Å². The second-order valence-corrected chi connectivity index (χ2v) is 16.2. The van der Waals surface area contributed by atoms with E-state index in [-0.39, 0.29) is 52.0 Å². The van der Waals surface area contributed by atoms with E-state index in [1.165, 1.54) is 45.0 Å². The molecule has 0 radical (unpaired) electrons. The highest BCUT2D eigenvalue weighted by molar-refractivity contribution is 5.97. The monoisotopic (exact) mass is 1040 g/mol. The van der Waals surface area contributed by atoms with Crippen LogP contribution in [0.3, 0.4) is 0 Å². The minimum atomic E-state index is -0.352. The molecule has 0 saturated heterocycles. The minimum absolute atomic E-state index is 0.0241. The Bertz CT molecular complexity index is 2400. The topological polar surface area (TPSA) is 211 Å². The Morgan fingerprint density at radius 3 is 0.693 bits per heavy atom. The Morgan fingerprint density at radius 2 is 0.507 bits per heavy atom. The number of rotatable bonds is 9. The van der Waals surface area contributed by atoms with Gasteiger partial charge in [-0.15, -0.1) is 0 Å². The summed E-state index contributed by atoms with van der Waals surface area (Å²) in [4.78, 5) is 65.5. The first-order valence-corrected chi connectivity index (χ1v) is 23.5. The van der Waals surface area contributed by atoms with Gasteiger partial charge in [0.15, 0.2) is 34.7 Å². The van der Waals surface area contributed by atoms with Crippen molar-refractivity contribution in [3.8, 4) is 28.7 Å². The third-order valence-electron chi connectivity index (χ3n) is 9.47. The number of Topliss-reactive ketones (excluding diaryl/α,β-unsaturated/α-hetero) is 6. The van der Waals surface area contributed by atoms with Gasteiger partial charge in [-0.05, 0) is 226 Å². The molecule has 0 saturated carbocycles. The van der Waals surface area contributed by atoms with Crippen LogP contribution in [0.4, 0.5) is 4.39 Å². The lowest BCUT2D eigenvalue weighted by Gasteiger charge is -2.03. The van der Waals surface area contributed by atoms with Crippen molar-refractivity contribution >= 4 is 34.7 Å². The fraction of sp³-hybridized carbons (Fsp3) is 0.311. The summed E-state index contributed by atoms with van der Waals surface area (Å²) in [7, 11) is 6.79. The molecule has 14 heteroatoms. The summed E-state index contributed by atoms with van der Waals surface area (Å²) in [6.45, 7) is 24.3. The molecule has 75 heavy (non-hydrogen) atoms. The third-order valence-corrected chi connectivity index (χ3v) is 9.47. The van der Waals surface area contributed by atoms with E-state index in [1.807, 2.05) is 84.9 Å². The number of hydrogen-bond acceptors (Lipinski definition) is 13. The van der Waals surface area contributed by atoms with Crippen LogP contribution in [-0.2, 0) is 0 Å². The van der Waals surface area contributed by atoms with Crippen molar-refractivity contribution in [2.75, 3.05) is 35.5 Å². The Kier molecular flexibility index (Phi) is 36.9. The highest BCUT2D eigenvalue weighted by Gasteiger charge is 2.06. The van der Waals surface area contributed by atoms with E-state index in [0.29, 0.717) is 33.4 Å². The number of aliphatic hydroxyl groups excluding tert-OH is 2. The van der Waals surface area contributed by atoms with Crippen LogP contribution in [0, 0.1) is 47.4 Å². The third kappa shape index (κ3) is 30.7. The zero-order valence-corrected chi connectivity index (χ0v) is 47.2. The molecule has 0 atom stereocenters. The van der Waals surface area contributed by atoms with Gasteiger partial charge in [0.25, 0.3) is 0 Å². The van der Waals surface area contributed by atoms with Crippen molar-refractivity contribution in [3.05, 3.63) is 182 Å². The maximum atomic E-state index is 12.6. The standard InChI is InChI=1S/3C10H12O2.C9H9FO.2C9H10O2.C2H6.2CH4O/c3*1-7-4-9(8(2)11)6-10(5-7)12-3;1-6-3-8(7(2)11)5-9(10)4-6;2*1-6-3-8(7(2)10)5-9(11)4-6;3*1-2/h3*4-6H,1-3H3;3-5H,1-2H3;2*3-5,11H,1-2H3;1-2H3;2*2H,1H3. The Labute approximate surface area is 444 Å². The molecule has 0 bridgehead atoms. The smallest absolute Gasteiger partial charge is 0.159 e. The number of methoxy groups -OCH3 is 3. The molecular weight excluding hydrogens is 960 g/mol. The highest BCUT2D eigenvalue weighted by atomic mass is 19.1. The Morgan fingerprint density at radius 1 is 0.320 bits per heavy atom. The van der Waals surface area contributed by atoms with Gasteiger partial charge in [-0.2, -0.15) is 0 Å². The van der Waals surface area contributed by atoms with Crippen molar-refractivity contribution in [1.82, 2.24) is 0 Å². The van der Waals surface area contributed by atoms with Gasteiger partial charge in [0, 0.05) is 47.6 Å². The summed E-state index contributed by atoms with van der Waals surface area (Å²) >= 11 is 0. The molecule has 408 valence electrons. The number of hydrogen-bond donors (Lipinski definition) is 4. The zero-order chi connectivity index (χ0) is 58.7. The summed E-state index contributed by atoms with van der Waals surface area (Å²) < 4.78 is 27.7. The molecule has 6 aromatic rings. The number of phenols is 2. The van der Waals surface area contributed by atoms with Crippen molar-refractivity contribution in [3.63, 3.8) is 0 Å². The maximum Gasteiger partial charge on any atom is 0.159 e. The largest absolute Gasteiger partial charge is 0.508 e. The number of phenolic OH excluding ortho intramolecular Hbond substituents is 2. The van der Waals surface area contributed by atoms with Gasteiger partial charge < -0.3 is 34.6 Å². The first-order valence-electron chi connectivity index (χ1n) is 23.5. The normalized spacial score (nSPS) is 9.09. The van der Waals surface area contributed by atoms with Gasteiger partial charge in [-0.1, -0.05) is 13.8 Å². The van der Waals surface area contributed by atoms with Crippen LogP contribution >= 0.6 is 0 Å². The van der Waals surface area contributed by atoms with Gasteiger partial charge in [-0.25, -0.2) is 4.39 Å². The predicted molar refractivity (Wildman–Crippen MR) is 298 cm³/mol. The van der Waals surface area contributed by atoms with E-state index in [9.17, 15) is 33.2 Å². The van der Waals surface area contributed by atoms with Crippen molar-refractivity contribution in [2.45, 2.75) is 96.9 Å². The van der Waals surface area contributed by atoms with E-state index in [1.54, 1.807) is 97.6 Å². The number of carbonyl (C=O) groups is 6. The number of carbonyl (C=O) groups excluding carboxylic acids is 6. The number of ketones is 6. The molecule has 0 aliphatic carbocycles. The molecule has 13 nitrogen and oxygen atoms in total. The van der Waals surface area contributed by atoms with Crippen LogP contribution in [0.25, 0.3) is 0 Å². The number of aryl methyl sites for hydroxylation is 6. The van der Waals surface area contributed by atoms with Gasteiger partial charge in [-0.3, -0.25) is 28.8 Å². The predicted octanol–water partition coefficient (Wildman–Crippen LogP) is 13.0. The molecule has 0 unspecified atom stereocenters. The van der Waals surface area contributed by atoms with E-state index in [0.717, 1.165) is 64.8 Å². The van der Waals surface area contributed by atoms with Gasteiger partial charge in [0.2, 0.25) is 0 Å². The SMILES string of the molecule is CC.CC(=O)c1cc(C)cc(F)c1.CC(=O)c1cc(C)cc(O)c1.CC(=O)c1cc(C)cc(O)c1.CO.CO.COc1cc(C)cc(C(C)=O)c1.COc1cc(C)cc(C(C)=O)c1.COc1cc(C)cc(C(C)=O)c1. The molecule has 4 N–H and O–H groups in total. The number of ether oxygens (including phenoxy) is 3. The lowest BCUT2D eigenvalue weighted by molar-refractivity contribution is 0.100. The number of aromatic hydroxyl groups is 2. The van der Waals surface area contributed by atoms with Crippen LogP contribution in [0.5, 0.6) is 28.7 Å². The first-order chi connectivity index (χ1) is 35.2. The average Bonchev–Trinajstić information content (AvgIpc) is 3.35. The molecule has 0 aromatic heterocycles. The Balaban J connectivity index is -0.000000812. The molecule has 6 aromatic carbocycles. The van der Waals surface area contributed by atoms with Crippen LogP contribution in [0.2, 0.25) is 0 Å². The molecule has 6 rings (SSSR count). The number of aliphatic hydroxyl groups is 2.